The van der Waals surface area contributed by atoms with Crippen molar-refractivity contribution in [1.29, 1.82) is 0 Å². The summed E-state index contributed by atoms with van der Waals surface area (Å²) in [6, 6.07) is 6.62. The Balaban J connectivity index is 2.09. The standard InChI is InChI=1S/C18H31NO10Si/c19-10-3-1-9(2-4-10)5-6-30(27,28)29-11-7-12(20)14(22)16(24)18(26)17(25)15(23)13(21)8-11/h1-4,11-18,20-28H,5-8,19H2/t11?,12-,13?,14-,15?,16?,17?,18?/m0/s1. The molecule has 2 rings (SSSR count). The van der Waals surface area contributed by atoms with Crippen LogP contribution in [0, 0.1) is 0 Å². The summed E-state index contributed by atoms with van der Waals surface area (Å²) in [6.45, 7) is 0. The molecule has 0 aromatic heterocycles. The third kappa shape index (κ3) is 6.67. The van der Waals surface area contributed by atoms with Gasteiger partial charge in [-0.2, -0.15) is 0 Å². The highest BCUT2D eigenvalue weighted by Gasteiger charge is 2.44. The normalized spacial score (nSPS) is 36.4. The quantitative estimate of drug-likeness (QED) is 0.157. The minimum absolute atomic E-state index is 0.144. The highest BCUT2D eigenvalue weighted by Crippen LogP contribution is 2.25. The van der Waals surface area contributed by atoms with Gasteiger partial charge in [0.2, 0.25) is 0 Å². The lowest BCUT2D eigenvalue weighted by Crippen LogP contribution is -2.57. The molecular formula is C18H31NO10Si. The van der Waals surface area contributed by atoms with Crippen LogP contribution in [0.1, 0.15) is 18.4 Å². The maximum absolute atomic E-state index is 10.3. The van der Waals surface area contributed by atoms with Crippen molar-refractivity contribution in [2.75, 3.05) is 5.73 Å². The molecule has 1 saturated carbocycles. The Kier molecular flexibility index (Phi) is 8.73. The van der Waals surface area contributed by atoms with Gasteiger partial charge < -0.3 is 55.5 Å². The lowest BCUT2D eigenvalue weighted by molar-refractivity contribution is -0.179. The fourth-order valence-electron chi connectivity index (χ4n) is 3.39. The predicted molar refractivity (Wildman–Crippen MR) is 106 cm³/mol. The smallest absolute Gasteiger partial charge is 0.399 e. The van der Waals surface area contributed by atoms with Crippen molar-refractivity contribution >= 4 is 14.5 Å². The van der Waals surface area contributed by atoms with Crippen molar-refractivity contribution in [3.8, 4) is 0 Å². The average molecular weight is 450 g/mol. The van der Waals surface area contributed by atoms with Gasteiger partial charge in [-0.25, -0.2) is 0 Å². The first kappa shape index (κ1) is 25.1. The van der Waals surface area contributed by atoms with Crippen LogP contribution >= 0.6 is 0 Å². The second kappa shape index (κ2) is 10.4. The summed E-state index contributed by atoms with van der Waals surface area (Å²) >= 11 is 0. The van der Waals surface area contributed by atoms with Crippen molar-refractivity contribution in [3.05, 3.63) is 29.8 Å². The van der Waals surface area contributed by atoms with Crippen LogP contribution in [-0.4, -0.2) is 103 Å². The molecule has 11 N–H and O–H groups in total. The van der Waals surface area contributed by atoms with Gasteiger partial charge in [-0.1, -0.05) is 12.1 Å². The van der Waals surface area contributed by atoms with E-state index in [2.05, 4.69) is 0 Å². The van der Waals surface area contributed by atoms with E-state index < -0.39 is 70.5 Å². The van der Waals surface area contributed by atoms with Crippen LogP contribution in [0.3, 0.4) is 0 Å². The average Bonchev–Trinajstić information content (AvgIpc) is 2.69. The molecule has 1 aromatic carbocycles. The first-order valence-corrected chi connectivity index (χ1v) is 11.7. The number of anilines is 1. The summed E-state index contributed by atoms with van der Waals surface area (Å²) in [4.78, 5) is 20.7. The lowest BCUT2D eigenvalue weighted by atomic mass is 9.88. The SMILES string of the molecule is Nc1ccc(CC[Si](O)(O)OC2CC(O)C(O)C(O)C(O)C(O)[C@@H](O)[C@@H](O)C2)cc1. The number of rotatable bonds is 5. The number of aliphatic hydroxyl groups excluding tert-OH is 7. The summed E-state index contributed by atoms with van der Waals surface area (Å²) in [7, 11) is -4.30. The Labute approximate surface area is 174 Å². The lowest BCUT2D eigenvalue weighted by Gasteiger charge is -2.37. The maximum atomic E-state index is 10.3. The highest BCUT2D eigenvalue weighted by atomic mass is 28.4. The molecular weight excluding hydrogens is 418 g/mol. The zero-order chi connectivity index (χ0) is 22.6. The van der Waals surface area contributed by atoms with Crippen molar-refractivity contribution < 1.29 is 49.8 Å². The molecule has 30 heavy (non-hydrogen) atoms. The summed E-state index contributed by atoms with van der Waals surface area (Å²) < 4.78 is 5.35. The second-order valence-electron chi connectivity index (χ2n) is 7.78. The number of nitrogens with two attached hydrogens (primary N) is 1. The van der Waals surface area contributed by atoms with E-state index in [-0.39, 0.29) is 12.5 Å². The fourth-order valence-corrected chi connectivity index (χ4v) is 4.85. The van der Waals surface area contributed by atoms with E-state index in [9.17, 15) is 45.3 Å². The van der Waals surface area contributed by atoms with Crippen molar-refractivity contribution in [1.82, 2.24) is 0 Å². The van der Waals surface area contributed by atoms with Crippen LogP contribution in [0.5, 0.6) is 0 Å². The van der Waals surface area contributed by atoms with Crippen LogP contribution < -0.4 is 5.73 Å². The molecule has 0 spiro atoms. The Morgan fingerprint density at radius 1 is 0.767 bits per heavy atom. The van der Waals surface area contributed by atoms with Gasteiger partial charge in [-0.15, -0.1) is 0 Å². The molecule has 0 bridgehead atoms. The minimum Gasteiger partial charge on any atom is -0.399 e. The number of nitrogen functional groups attached to an aromatic ring is 1. The Bertz CT molecular complexity index is 639. The van der Waals surface area contributed by atoms with E-state index in [1.165, 1.54) is 0 Å². The van der Waals surface area contributed by atoms with E-state index in [4.69, 9.17) is 10.2 Å². The van der Waals surface area contributed by atoms with Crippen LogP contribution in [0.4, 0.5) is 5.69 Å². The molecule has 0 aliphatic heterocycles. The second-order valence-corrected chi connectivity index (χ2v) is 10.0. The molecule has 6 unspecified atom stereocenters. The Morgan fingerprint density at radius 2 is 1.20 bits per heavy atom. The topological polar surface area (TPSA) is 217 Å². The number of hydrogen-bond acceptors (Lipinski definition) is 11. The number of hydrogen-bond donors (Lipinski definition) is 10. The zero-order valence-corrected chi connectivity index (χ0v) is 17.3. The third-order valence-corrected chi connectivity index (χ3v) is 6.88. The molecule has 1 aliphatic rings. The van der Waals surface area contributed by atoms with Crippen molar-refractivity contribution in [3.63, 3.8) is 0 Å². The largest absolute Gasteiger partial charge is 0.496 e. The van der Waals surface area contributed by atoms with E-state index in [0.29, 0.717) is 5.69 Å². The summed E-state index contributed by atoms with van der Waals surface area (Å²) in [6.07, 6.45) is -15.1. The Morgan fingerprint density at radius 3 is 1.67 bits per heavy atom. The summed E-state index contributed by atoms with van der Waals surface area (Å²) in [5, 5.41) is 69.9. The van der Waals surface area contributed by atoms with E-state index in [0.717, 1.165) is 5.56 Å². The summed E-state index contributed by atoms with van der Waals surface area (Å²) in [5.41, 5.74) is 6.95. The van der Waals surface area contributed by atoms with Crippen LogP contribution in [0.15, 0.2) is 24.3 Å². The van der Waals surface area contributed by atoms with Crippen LogP contribution in [0.2, 0.25) is 6.04 Å². The van der Waals surface area contributed by atoms with Gasteiger partial charge in [-0.3, -0.25) is 0 Å². The first-order chi connectivity index (χ1) is 13.9. The molecule has 0 radical (unpaired) electrons. The van der Waals surface area contributed by atoms with Crippen LogP contribution in [0.25, 0.3) is 0 Å². The monoisotopic (exact) mass is 449 g/mol. The molecule has 12 heteroatoms. The highest BCUT2D eigenvalue weighted by molar-refractivity contribution is 6.57. The van der Waals surface area contributed by atoms with Crippen molar-refractivity contribution in [2.45, 2.75) is 74.1 Å². The van der Waals surface area contributed by atoms with Gasteiger partial charge >= 0.3 is 8.80 Å². The molecule has 11 nitrogen and oxygen atoms in total. The van der Waals surface area contributed by atoms with Gasteiger partial charge in [0.25, 0.3) is 0 Å². The maximum Gasteiger partial charge on any atom is 0.496 e. The Hall–Kier alpha value is -1.16. The number of benzene rings is 1. The molecule has 172 valence electrons. The molecule has 0 heterocycles. The molecule has 1 fully saturated rings. The first-order valence-electron chi connectivity index (χ1n) is 9.64. The van der Waals surface area contributed by atoms with E-state index >= 15 is 0 Å². The van der Waals surface area contributed by atoms with Gasteiger partial charge in [0, 0.05) is 24.6 Å². The van der Waals surface area contributed by atoms with Gasteiger partial charge in [0.1, 0.15) is 30.5 Å². The molecule has 0 amide bonds. The zero-order valence-electron chi connectivity index (χ0n) is 16.3. The molecule has 1 aromatic rings. The third-order valence-electron chi connectivity index (χ3n) is 5.27. The number of aliphatic hydroxyl groups is 7. The molecule has 1 aliphatic carbocycles. The fraction of sp³-hybridized carbons (Fsp3) is 0.667. The minimum atomic E-state index is -4.30. The predicted octanol–water partition coefficient (Wildman–Crippen LogP) is -3.56. The van der Waals surface area contributed by atoms with E-state index in [1.807, 2.05) is 0 Å². The van der Waals surface area contributed by atoms with E-state index in [1.54, 1.807) is 24.3 Å². The van der Waals surface area contributed by atoms with Gasteiger partial charge in [0.05, 0.1) is 18.3 Å². The molecule has 8 atom stereocenters. The van der Waals surface area contributed by atoms with Gasteiger partial charge in [0.15, 0.2) is 0 Å². The summed E-state index contributed by atoms with van der Waals surface area (Å²) in [5.74, 6) is 0. The van der Waals surface area contributed by atoms with Gasteiger partial charge in [-0.05, 0) is 24.1 Å². The number of aryl methyl sites for hydroxylation is 1. The van der Waals surface area contributed by atoms with Crippen LogP contribution in [-0.2, 0) is 10.8 Å². The molecule has 0 saturated heterocycles. The van der Waals surface area contributed by atoms with Crippen molar-refractivity contribution in [2.24, 2.45) is 0 Å².